The number of nitrogens with one attached hydrogen (secondary N) is 2. The molecular formula is C19H29N5O. The number of hydrogen-bond donors (Lipinski definition) is 2. The highest BCUT2D eigenvalue weighted by Gasteiger charge is 2.30. The molecule has 3 rings (SSSR count). The molecule has 0 aromatic carbocycles. The largest absolute Gasteiger partial charge is 0.352 e. The maximum Gasteiger partial charge on any atom is 0.252 e. The van der Waals surface area contributed by atoms with Gasteiger partial charge < -0.3 is 10.6 Å². The quantitative estimate of drug-likeness (QED) is 0.791. The normalized spacial score (nSPS) is 14.9. The first-order chi connectivity index (χ1) is 11.8. The minimum atomic E-state index is -0.178. The molecule has 2 N–H and O–H groups in total. The zero-order chi connectivity index (χ0) is 18.2. The Hall–Kier alpha value is -1.95. The number of aromatic nitrogens is 3. The highest BCUT2D eigenvalue weighted by atomic mass is 16.1. The number of amides is 1. The first-order valence-corrected chi connectivity index (χ1v) is 9.16. The zero-order valence-corrected chi connectivity index (χ0v) is 15.9. The standard InChI is InChI=1S/C19H29N5O/c1-12-16-14(18(25)21-10-6-9-20-5)11-15(13-7-8-13)22-17(16)24(23-12)19(2,3)4/h11,13,20H,6-10H2,1-5H3,(H,21,25). The maximum atomic E-state index is 12.8. The highest BCUT2D eigenvalue weighted by molar-refractivity contribution is 6.06. The van der Waals surface area contributed by atoms with Crippen LogP contribution in [0.2, 0.25) is 0 Å². The van der Waals surface area contributed by atoms with Crippen molar-refractivity contribution in [2.24, 2.45) is 0 Å². The van der Waals surface area contributed by atoms with Crippen LogP contribution in [0.1, 0.15) is 67.7 Å². The molecular weight excluding hydrogens is 314 g/mol. The molecule has 1 aliphatic rings. The number of aryl methyl sites for hydroxylation is 1. The molecule has 2 aromatic heterocycles. The van der Waals surface area contributed by atoms with E-state index in [4.69, 9.17) is 10.1 Å². The van der Waals surface area contributed by atoms with E-state index in [9.17, 15) is 4.79 Å². The van der Waals surface area contributed by atoms with Gasteiger partial charge in [-0.15, -0.1) is 0 Å². The Morgan fingerprint density at radius 1 is 1.32 bits per heavy atom. The second kappa shape index (κ2) is 6.75. The van der Waals surface area contributed by atoms with E-state index in [2.05, 4.69) is 31.4 Å². The first-order valence-electron chi connectivity index (χ1n) is 9.16. The summed E-state index contributed by atoms with van der Waals surface area (Å²) in [5.41, 5.74) is 3.25. The molecule has 2 heterocycles. The van der Waals surface area contributed by atoms with E-state index in [-0.39, 0.29) is 11.4 Å². The average molecular weight is 343 g/mol. The Bertz CT molecular complexity index is 783. The number of rotatable bonds is 6. The molecule has 25 heavy (non-hydrogen) atoms. The Balaban J connectivity index is 2.04. The van der Waals surface area contributed by atoms with Gasteiger partial charge in [0.1, 0.15) is 0 Å². The van der Waals surface area contributed by atoms with Gasteiger partial charge in [-0.05, 0) is 66.6 Å². The van der Waals surface area contributed by atoms with Crippen LogP contribution in [-0.4, -0.2) is 40.8 Å². The summed E-state index contributed by atoms with van der Waals surface area (Å²) in [4.78, 5) is 17.7. The highest BCUT2D eigenvalue weighted by Crippen LogP contribution is 2.40. The smallest absolute Gasteiger partial charge is 0.252 e. The molecule has 1 fully saturated rings. The fourth-order valence-corrected chi connectivity index (χ4v) is 3.11. The van der Waals surface area contributed by atoms with Crippen molar-refractivity contribution in [1.29, 1.82) is 0 Å². The topological polar surface area (TPSA) is 71.8 Å². The predicted molar refractivity (Wildman–Crippen MR) is 100 cm³/mol. The number of fused-ring (bicyclic) bond motifs is 1. The molecule has 0 bridgehead atoms. The molecule has 0 atom stereocenters. The number of carbonyl (C=O) groups is 1. The lowest BCUT2D eigenvalue weighted by Gasteiger charge is -2.20. The Labute approximate surface area is 149 Å². The summed E-state index contributed by atoms with van der Waals surface area (Å²) in [7, 11) is 1.92. The fourth-order valence-electron chi connectivity index (χ4n) is 3.11. The van der Waals surface area contributed by atoms with E-state index in [1.807, 2.05) is 24.7 Å². The second-order valence-corrected chi connectivity index (χ2v) is 7.95. The number of carbonyl (C=O) groups excluding carboxylic acids is 1. The average Bonchev–Trinajstić information content (AvgIpc) is 3.34. The van der Waals surface area contributed by atoms with Crippen LogP contribution in [0.4, 0.5) is 0 Å². The third-order valence-corrected chi connectivity index (χ3v) is 4.60. The molecule has 1 amide bonds. The molecule has 1 saturated carbocycles. The number of nitrogens with zero attached hydrogens (tertiary/aromatic N) is 3. The lowest BCUT2D eigenvalue weighted by Crippen LogP contribution is -2.27. The minimum absolute atomic E-state index is 0.0260. The van der Waals surface area contributed by atoms with Gasteiger partial charge in [0.25, 0.3) is 5.91 Å². The molecule has 0 radical (unpaired) electrons. The minimum Gasteiger partial charge on any atom is -0.352 e. The lowest BCUT2D eigenvalue weighted by atomic mass is 10.1. The fraction of sp³-hybridized carbons (Fsp3) is 0.632. The van der Waals surface area contributed by atoms with Gasteiger partial charge in [0.05, 0.1) is 22.2 Å². The molecule has 0 unspecified atom stereocenters. The monoisotopic (exact) mass is 343 g/mol. The summed E-state index contributed by atoms with van der Waals surface area (Å²) in [6.45, 7) is 9.85. The van der Waals surface area contributed by atoms with Crippen LogP contribution in [0.15, 0.2) is 6.07 Å². The first kappa shape index (κ1) is 17.9. The van der Waals surface area contributed by atoms with Crippen molar-refractivity contribution in [2.45, 2.75) is 58.4 Å². The molecule has 6 heteroatoms. The third kappa shape index (κ3) is 3.68. The van der Waals surface area contributed by atoms with Gasteiger partial charge in [-0.1, -0.05) is 0 Å². The van der Waals surface area contributed by atoms with Gasteiger partial charge in [0, 0.05) is 18.2 Å². The van der Waals surface area contributed by atoms with Crippen LogP contribution in [-0.2, 0) is 5.54 Å². The molecule has 136 valence electrons. The molecule has 0 saturated heterocycles. The molecule has 6 nitrogen and oxygen atoms in total. The van der Waals surface area contributed by atoms with E-state index < -0.39 is 0 Å². The van der Waals surface area contributed by atoms with Crippen LogP contribution >= 0.6 is 0 Å². The maximum absolute atomic E-state index is 12.8. The summed E-state index contributed by atoms with van der Waals surface area (Å²) in [6, 6.07) is 1.98. The summed E-state index contributed by atoms with van der Waals surface area (Å²) < 4.78 is 1.96. The summed E-state index contributed by atoms with van der Waals surface area (Å²) in [6.07, 6.45) is 3.22. The van der Waals surface area contributed by atoms with Crippen LogP contribution in [0.5, 0.6) is 0 Å². The Kier molecular flexibility index (Phi) is 4.82. The summed E-state index contributed by atoms with van der Waals surface area (Å²) >= 11 is 0. The van der Waals surface area contributed by atoms with Gasteiger partial charge in [0.2, 0.25) is 0 Å². The molecule has 1 aliphatic carbocycles. The van der Waals surface area contributed by atoms with Crippen molar-refractivity contribution in [3.63, 3.8) is 0 Å². The van der Waals surface area contributed by atoms with Crippen molar-refractivity contribution in [1.82, 2.24) is 25.4 Å². The molecule has 2 aromatic rings. The van der Waals surface area contributed by atoms with Crippen molar-refractivity contribution in [2.75, 3.05) is 20.1 Å². The van der Waals surface area contributed by atoms with Crippen molar-refractivity contribution in [3.05, 3.63) is 23.0 Å². The number of pyridine rings is 1. The van der Waals surface area contributed by atoms with Gasteiger partial charge >= 0.3 is 0 Å². The van der Waals surface area contributed by atoms with E-state index in [0.717, 1.165) is 48.2 Å². The lowest BCUT2D eigenvalue weighted by molar-refractivity contribution is 0.0954. The zero-order valence-electron chi connectivity index (χ0n) is 15.9. The summed E-state index contributed by atoms with van der Waals surface area (Å²) in [5, 5.41) is 11.7. The SMILES string of the molecule is CNCCCNC(=O)c1cc(C2CC2)nc2c1c(C)nn2C(C)(C)C. The number of hydrogen-bond acceptors (Lipinski definition) is 4. The van der Waals surface area contributed by atoms with E-state index in [1.165, 1.54) is 0 Å². The van der Waals surface area contributed by atoms with Gasteiger partial charge in [-0.25, -0.2) is 9.67 Å². The molecule has 0 aliphatic heterocycles. The van der Waals surface area contributed by atoms with Gasteiger partial charge in [-0.2, -0.15) is 5.10 Å². The van der Waals surface area contributed by atoms with E-state index in [1.54, 1.807) is 0 Å². The van der Waals surface area contributed by atoms with Crippen molar-refractivity contribution < 1.29 is 4.79 Å². The van der Waals surface area contributed by atoms with Crippen LogP contribution < -0.4 is 10.6 Å². The van der Waals surface area contributed by atoms with Crippen LogP contribution in [0.3, 0.4) is 0 Å². The van der Waals surface area contributed by atoms with Crippen molar-refractivity contribution in [3.8, 4) is 0 Å². The second-order valence-electron chi connectivity index (χ2n) is 7.95. The van der Waals surface area contributed by atoms with Crippen LogP contribution in [0, 0.1) is 6.92 Å². The van der Waals surface area contributed by atoms with Crippen LogP contribution in [0.25, 0.3) is 11.0 Å². The summed E-state index contributed by atoms with van der Waals surface area (Å²) in [5.74, 6) is 0.464. The van der Waals surface area contributed by atoms with Crippen molar-refractivity contribution >= 4 is 16.9 Å². The van der Waals surface area contributed by atoms with Gasteiger partial charge in [0.15, 0.2) is 5.65 Å². The Morgan fingerprint density at radius 2 is 2.04 bits per heavy atom. The van der Waals surface area contributed by atoms with E-state index >= 15 is 0 Å². The predicted octanol–water partition coefficient (Wildman–Crippen LogP) is 2.71. The van der Waals surface area contributed by atoms with Gasteiger partial charge in [-0.3, -0.25) is 4.79 Å². The third-order valence-electron chi connectivity index (χ3n) is 4.60. The Morgan fingerprint density at radius 3 is 2.64 bits per heavy atom. The van der Waals surface area contributed by atoms with E-state index in [0.29, 0.717) is 18.0 Å². The molecule has 0 spiro atoms.